The van der Waals surface area contributed by atoms with E-state index in [9.17, 15) is 9.59 Å². The van der Waals surface area contributed by atoms with E-state index < -0.39 is 11.4 Å². The molecule has 1 aliphatic heterocycles. The minimum absolute atomic E-state index is 0.0246. The molecule has 0 spiro atoms. The molecule has 184 valence electrons. The highest BCUT2D eigenvalue weighted by molar-refractivity contribution is 9.10. The average Bonchev–Trinajstić information content (AvgIpc) is 3.15. The third-order valence-electron chi connectivity index (χ3n) is 4.78. The maximum atomic E-state index is 13.5. The molecule has 2 amide bonds. The standard InChI is InChI=1S/C23H22BrCl2N5O3S/c1-23(2,3)29-21(32)14-7-12(25)8-15(24)19(14)28-22(33)17-9-18(34-13-10-35-11-13)30-31(17)20-16(26)5-4-6-27-20/h4-9,13H,10-11H2,1-3H3,(H,28,33)(H,29,32). The predicted octanol–water partition coefficient (Wildman–Crippen LogP) is 5.61. The van der Waals surface area contributed by atoms with Gasteiger partial charge in [0.05, 0.1) is 16.3 Å². The molecule has 1 fully saturated rings. The summed E-state index contributed by atoms with van der Waals surface area (Å²) in [5.41, 5.74) is 0.112. The van der Waals surface area contributed by atoms with Gasteiger partial charge in [0, 0.05) is 38.8 Å². The van der Waals surface area contributed by atoms with Crippen LogP contribution in [-0.4, -0.2) is 49.7 Å². The van der Waals surface area contributed by atoms with Crippen LogP contribution in [0.3, 0.4) is 0 Å². The average molecular weight is 599 g/mol. The van der Waals surface area contributed by atoms with Crippen LogP contribution in [-0.2, 0) is 0 Å². The molecule has 2 aromatic heterocycles. The number of nitrogens with one attached hydrogen (secondary N) is 2. The summed E-state index contributed by atoms with van der Waals surface area (Å²) < 4.78 is 7.67. The summed E-state index contributed by atoms with van der Waals surface area (Å²) in [6.07, 6.45) is 1.58. The summed E-state index contributed by atoms with van der Waals surface area (Å²) in [4.78, 5) is 30.8. The molecule has 3 heterocycles. The molecular weight excluding hydrogens is 577 g/mol. The minimum atomic E-state index is -0.537. The van der Waals surface area contributed by atoms with Crippen LogP contribution in [0.2, 0.25) is 10.0 Å². The van der Waals surface area contributed by atoms with Gasteiger partial charge < -0.3 is 15.4 Å². The molecule has 0 saturated carbocycles. The number of ether oxygens (including phenoxy) is 1. The fourth-order valence-corrected chi connectivity index (χ4v) is 4.87. The van der Waals surface area contributed by atoms with E-state index in [2.05, 4.69) is 36.6 Å². The van der Waals surface area contributed by atoms with Crippen molar-refractivity contribution in [1.29, 1.82) is 0 Å². The Morgan fingerprint density at radius 2 is 1.94 bits per heavy atom. The zero-order valence-electron chi connectivity index (χ0n) is 19.1. The van der Waals surface area contributed by atoms with Gasteiger partial charge in [0.15, 0.2) is 5.82 Å². The number of benzene rings is 1. The number of carbonyl (C=O) groups is 2. The molecule has 0 atom stereocenters. The van der Waals surface area contributed by atoms with E-state index in [1.165, 1.54) is 16.8 Å². The van der Waals surface area contributed by atoms with E-state index in [1.54, 1.807) is 36.2 Å². The van der Waals surface area contributed by atoms with Crippen LogP contribution in [0.4, 0.5) is 5.69 Å². The highest BCUT2D eigenvalue weighted by atomic mass is 79.9. The van der Waals surface area contributed by atoms with Crippen molar-refractivity contribution in [3.8, 4) is 11.7 Å². The lowest BCUT2D eigenvalue weighted by Gasteiger charge is -2.24. The number of pyridine rings is 1. The zero-order valence-corrected chi connectivity index (χ0v) is 23.0. The van der Waals surface area contributed by atoms with Crippen molar-refractivity contribution < 1.29 is 14.3 Å². The molecule has 12 heteroatoms. The molecule has 2 N–H and O–H groups in total. The summed E-state index contributed by atoms with van der Waals surface area (Å²) in [5, 5.41) is 10.8. The van der Waals surface area contributed by atoms with Crippen molar-refractivity contribution in [2.24, 2.45) is 0 Å². The molecule has 1 saturated heterocycles. The highest BCUT2D eigenvalue weighted by Gasteiger charge is 2.27. The first-order valence-electron chi connectivity index (χ1n) is 10.6. The minimum Gasteiger partial charge on any atom is -0.472 e. The SMILES string of the molecule is CC(C)(C)NC(=O)c1cc(Cl)cc(Br)c1NC(=O)c1cc(OC2CSC2)nn1-c1ncccc1Cl. The molecule has 0 aliphatic carbocycles. The molecule has 0 bridgehead atoms. The van der Waals surface area contributed by atoms with Crippen molar-refractivity contribution >= 4 is 68.4 Å². The number of hydrogen-bond acceptors (Lipinski definition) is 6. The van der Waals surface area contributed by atoms with E-state index in [0.717, 1.165) is 11.5 Å². The van der Waals surface area contributed by atoms with Crippen molar-refractivity contribution in [3.05, 3.63) is 62.3 Å². The molecule has 4 rings (SSSR count). The summed E-state index contributed by atoms with van der Waals surface area (Å²) in [6.45, 7) is 5.58. The molecule has 0 radical (unpaired) electrons. The number of halogens is 3. The van der Waals surface area contributed by atoms with Gasteiger partial charge in [-0.05, 0) is 61.0 Å². The van der Waals surface area contributed by atoms with E-state index in [1.807, 2.05) is 20.8 Å². The van der Waals surface area contributed by atoms with Crippen LogP contribution in [0.25, 0.3) is 5.82 Å². The van der Waals surface area contributed by atoms with Gasteiger partial charge in [0.2, 0.25) is 5.88 Å². The lowest BCUT2D eigenvalue weighted by atomic mass is 10.1. The van der Waals surface area contributed by atoms with Crippen LogP contribution >= 0.6 is 50.9 Å². The fourth-order valence-electron chi connectivity index (χ4n) is 3.19. The number of anilines is 1. The van der Waals surface area contributed by atoms with Crippen molar-refractivity contribution in [3.63, 3.8) is 0 Å². The Hall–Kier alpha value is -2.27. The first-order chi connectivity index (χ1) is 16.5. The lowest BCUT2D eigenvalue weighted by Crippen LogP contribution is -2.41. The first kappa shape index (κ1) is 25.8. The Morgan fingerprint density at radius 3 is 2.57 bits per heavy atom. The topological polar surface area (TPSA) is 98.1 Å². The Morgan fingerprint density at radius 1 is 1.20 bits per heavy atom. The van der Waals surface area contributed by atoms with Gasteiger partial charge >= 0.3 is 0 Å². The molecule has 35 heavy (non-hydrogen) atoms. The molecule has 3 aromatic rings. The van der Waals surface area contributed by atoms with Crippen molar-refractivity contribution in [2.75, 3.05) is 16.8 Å². The van der Waals surface area contributed by atoms with Crippen LogP contribution < -0.4 is 15.4 Å². The second-order valence-electron chi connectivity index (χ2n) is 8.83. The second kappa shape index (κ2) is 10.4. The maximum absolute atomic E-state index is 13.5. The lowest BCUT2D eigenvalue weighted by molar-refractivity contribution is 0.0920. The number of amides is 2. The Bertz CT molecular complexity index is 1290. The van der Waals surface area contributed by atoms with Crippen LogP contribution in [0.5, 0.6) is 5.88 Å². The van der Waals surface area contributed by atoms with Gasteiger partial charge in [-0.2, -0.15) is 11.8 Å². The van der Waals surface area contributed by atoms with Gasteiger partial charge in [-0.3, -0.25) is 9.59 Å². The number of rotatable bonds is 6. The van der Waals surface area contributed by atoms with Gasteiger partial charge in [0.25, 0.3) is 11.8 Å². The molecule has 1 aromatic carbocycles. The predicted molar refractivity (Wildman–Crippen MR) is 142 cm³/mol. The normalized spacial score (nSPS) is 13.8. The quantitative estimate of drug-likeness (QED) is 0.383. The second-order valence-corrected chi connectivity index (χ2v) is 11.6. The third-order valence-corrected chi connectivity index (χ3v) is 7.13. The summed E-state index contributed by atoms with van der Waals surface area (Å²) in [5.74, 6) is 1.33. The Kier molecular flexibility index (Phi) is 7.65. The monoisotopic (exact) mass is 597 g/mol. The van der Waals surface area contributed by atoms with Crippen molar-refractivity contribution in [2.45, 2.75) is 32.4 Å². The van der Waals surface area contributed by atoms with E-state index in [0.29, 0.717) is 14.5 Å². The Balaban J connectivity index is 1.72. The maximum Gasteiger partial charge on any atom is 0.274 e. The van der Waals surface area contributed by atoms with Crippen LogP contribution in [0, 0.1) is 0 Å². The molecular formula is C23H22BrCl2N5O3S. The third kappa shape index (κ3) is 6.11. The van der Waals surface area contributed by atoms with Gasteiger partial charge in [-0.15, -0.1) is 5.10 Å². The van der Waals surface area contributed by atoms with Crippen LogP contribution in [0.15, 0.2) is 41.0 Å². The first-order valence-corrected chi connectivity index (χ1v) is 13.3. The van der Waals surface area contributed by atoms with Crippen LogP contribution in [0.1, 0.15) is 41.6 Å². The molecule has 8 nitrogen and oxygen atoms in total. The van der Waals surface area contributed by atoms with Gasteiger partial charge in [0.1, 0.15) is 11.8 Å². The van der Waals surface area contributed by atoms with E-state index in [-0.39, 0.29) is 40.7 Å². The Labute approximate surface area is 225 Å². The van der Waals surface area contributed by atoms with Crippen molar-refractivity contribution in [1.82, 2.24) is 20.1 Å². The molecule has 0 unspecified atom stereocenters. The summed E-state index contributed by atoms with van der Waals surface area (Å²) in [7, 11) is 0. The molecule has 1 aliphatic rings. The fraction of sp³-hybridized carbons (Fsp3) is 0.304. The number of hydrogen-bond donors (Lipinski definition) is 2. The van der Waals surface area contributed by atoms with Gasteiger partial charge in [-0.25, -0.2) is 9.67 Å². The zero-order chi connectivity index (χ0) is 25.3. The van der Waals surface area contributed by atoms with Gasteiger partial charge in [-0.1, -0.05) is 23.2 Å². The highest BCUT2D eigenvalue weighted by Crippen LogP contribution is 2.32. The largest absolute Gasteiger partial charge is 0.472 e. The summed E-state index contributed by atoms with van der Waals surface area (Å²) in [6, 6.07) is 7.96. The number of aromatic nitrogens is 3. The number of thioether (sulfide) groups is 1. The van der Waals surface area contributed by atoms with E-state index >= 15 is 0 Å². The number of nitrogens with zero attached hydrogens (tertiary/aromatic N) is 3. The number of carbonyl (C=O) groups excluding carboxylic acids is 2. The van der Waals surface area contributed by atoms with E-state index in [4.69, 9.17) is 27.9 Å². The summed E-state index contributed by atoms with van der Waals surface area (Å²) >= 11 is 17.7. The smallest absolute Gasteiger partial charge is 0.274 e.